The molecule has 32 heavy (non-hydrogen) atoms. The summed E-state index contributed by atoms with van der Waals surface area (Å²) in [5.41, 5.74) is 0.857. The van der Waals surface area contributed by atoms with Crippen LogP contribution in [0.25, 0.3) is 0 Å². The number of thiocarbonyl (C=S) groups is 1. The molecule has 0 aliphatic heterocycles. The monoisotopic (exact) mass is 469 g/mol. The Labute approximate surface area is 190 Å². The van der Waals surface area contributed by atoms with E-state index in [0.29, 0.717) is 19.4 Å². The van der Waals surface area contributed by atoms with E-state index in [1.165, 1.54) is 0 Å². The van der Waals surface area contributed by atoms with Crippen molar-refractivity contribution in [1.29, 1.82) is 0 Å². The molecule has 0 heterocycles. The molecule has 2 atom stereocenters. The van der Waals surface area contributed by atoms with Crippen molar-refractivity contribution < 1.29 is 39.2 Å². The van der Waals surface area contributed by atoms with Gasteiger partial charge in [-0.3, -0.25) is 4.79 Å². The van der Waals surface area contributed by atoms with Crippen LogP contribution < -0.4 is 16.0 Å². The summed E-state index contributed by atoms with van der Waals surface area (Å²) in [6.07, 6.45) is -0.0697. The van der Waals surface area contributed by atoms with E-state index >= 15 is 0 Å². The van der Waals surface area contributed by atoms with Crippen LogP contribution in [0.1, 0.15) is 37.7 Å². The highest BCUT2D eigenvalue weighted by Crippen LogP contribution is 2.04. The highest BCUT2D eigenvalue weighted by Gasteiger charge is 2.23. The van der Waals surface area contributed by atoms with E-state index in [0.717, 1.165) is 5.56 Å². The van der Waals surface area contributed by atoms with Crippen LogP contribution in [0.5, 0.6) is 0 Å². The lowest BCUT2D eigenvalue weighted by Crippen LogP contribution is -2.51. The lowest BCUT2D eigenvalue weighted by atomic mass is 10.1. The quantitative estimate of drug-likeness (QED) is 0.171. The number of aliphatic carboxylic acids is 3. The molecule has 0 saturated heterocycles. The molecule has 1 aromatic rings. The fourth-order valence-electron chi connectivity index (χ4n) is 2.58. The third-order valence-electron chi connectivity index (χ3n) is 4.26. The fraction of sp³-hybridized carbons (Fsp3) is 0.450. The van der Waals surface area contributed by atoms with Crippen molar-refractivity contribution in [1.82, 2.24) is 16.0 Å². The summed E-state index contributed by atoms with van der Waals surface area (Å²) in [7, 11) is 0. The Hall–Kier alpha value is -3.41. The molecule has 0 spiro atoms. The van der Waals surface area contributed by atoms with E-state index in [1.807, 2.05) is 30.3 Å². The molecule has 6 N–H and O–H groups in total. The molecule has 0 aliphatic carbocycles. The molecule has 2 unspecified atom stereocenters. The van der Waals surface area contributed by atoms with E-state index in [1.54, 1.807) is 0 Å². The van der Waals surface area contributed by atoms with Crippen LogP contribution in [0.4, 0.5) is 4.79 Å². The molecule has 11 nitrogen and oxygen atoms in total. The number of hydrogen-bond acceptors (Lipinski definition) is 6. The van der Waals surface area contributed by atoms with Crippen molar-refractivity contribution >= 4 is 41.3 Å². The third kappa shape index (κ3) is 11.7. The van der Waals surface area contributed by atoms with Crippen molar-refractivity contribution in [3.63, 3.8) is 0 Å². The standard InChI is InChI=1S/C20H27N3O8S/c24-16(25)10-9-15(18(28)29)23-19(32)22-14(17(26)27)8-4-5-11-21-20(30)31-12-13-6-2-1-3-7-13/h1-3,6-7,14-15H,4-5,8-12H2,(H,21,30)(H,24,25)(H,26,27)(H,28,29)(H2,22,23,32). The summed E-state index contributed by atoms with van der Waals surface area (Å²) in [6.45, 7) is 0.435. The minimum absolute atomic E-state index is 0.145. The Kier molecular flexibility index (Phi) is 12.1. The van der Waals surface area contributed by atoms with Gasteiger partial charge in [-0.25, -0.2) is 14.4 Å². The number of carbonyl (C=O) groups excluding carboxylic acids is 1. The first-order valence-corrected chi connectivity index (χ1v) is 10.3. The summed E-state index contributed by atoms with van der Waals surface area (Å²) >= 11 is 4.96. The van der Waals surface area contributed by atoms with E-state index in [2.05, 4.69) is 16.0 Å². The zero-order chi connectivity index (χ0) is 23.9. The minimum Gasteiger partial charge on any atom is -0.481 e. The first-order valence-electron chi connectivity index (χ1n) is 9.88. The fourth-order valence-corrected chi connectivity index (χ4v) is 2.86. The maximum absolute atomic E-state index is 11.7. The largest absolute Gasteiger partial charge is 0.481 e. The molecule has 1 rings (SSSR count). The molecule has 0 aromatic heterocycles. The molecular weight excluding hydrogens is 442 g/mol. The highest BCUT2D eigenvalue weighted by atomic mass is 32.1. The second-order valence-corrected chi connectivity index (χ2v) is 7.22. The normalized spacial score (nSPS) is 12.1. The molecule has 1 amide bonds. The summed E-state index contributed by atoms with van der Waals surface area (Å²) in [4.78, 5) is 44.9. The first-order chi connectivity index (χ1) is 15.2. The van der Waals surface area contributed by atoms with Gasteiger partial charge in [0.25, 0.3) is 0 Å². The number of rotatable bonds is 14. The zero-order valence-corrected chi connectivity index (χ0v) is 18.1. The summed E-state index contributed by atoms with van der Waals surface area (Å²) in [5, 5.41) is 34.5. The van der Waals surface area contributed by atoms with Gasteiger partial charge in [0.15, 0.2) is 5.11 Å². The number of amides is 1. The van der Waals surface area contributed by atoms with Gasteiger partial charge >= 0.3 is 24.0 Å². The van der Waals surface area contributed by atoms with Crippen LogP contribution in [-0.4, -0.2) is 63.1 Å². The number of carbonyl (C=O) groups is 4. The van der Waals surface area contributed by atoms with Crippen molar-refractivity contribution in [3.8, 4) is 0 Å². The van der Waals surface area contributed by atoms with Crippen LogP contribution in [0.3, 0.4) is 0 Å². The molecule has 12 heteroatoms. The van der Waals surface area contributed by atoms with E-state index < -0.39 is 36.1 Å². The first kappa shape index (κ1) is 26.6. The number of benzene rings is 1. The molecular formula is C20H27N3O8S. The second kappa shape index (κ2) is 14.6. The van der Waals surface area contributed by atoms with Gasteiger partial charge in [0, 0.05) is 13.0 Å². The van der Waals surface area contributed by atoms with Gasteiger partial charge in [-0.1, -0.05) is 30.3 Å². The number of alkyl carbamates (subject to hydrolysis) is 1. The highest BCUT2D eigenvalue weighted by molar-refractivity contribution is 7.80. The van der Waals surface area contributed by atoms with Crippen LogP contribution in [0.15, 0.2) is 30.3 Å². The summed E-state index contributed by atoms with van der Waals surface area (Å²) in [5.74, 6) is -3.63. The molecule has 1 aromatic carbocycles. The number of ether oxygens (including phenoxy) is 1. The van der Waals surface area contributed by atoms with Crippen molar-refractivity contribution in [3.05, 3.63) is 35.9 Å². The average molecular weight is 470 g/mol. The Morgan fingerprint density at radius 3 is 2.06 bits per heavy atom. The van der Waals surface area contributed by atoms with Gasteiger partial charge < -0.3 is 36.0 Å². The molecule has 0 fully saturated rings. The Morgan fingerprint density at radius 1 is 0.906 bits per heavy atom. The lowest BCUT2D eigenvalue weighted by molar-refractivity contribution is -0.140. The van der Waals surface area contributed by atoms with Gasteiger partial charge in [-0.2, -0.15) is 0 Å². The Morgan fingerprint density at radius 2 is 1.50 bits per heavy atom. The van der Waals surface area contributed by atoms with Crippen LogP contribution in [0.2, 0.25) is 0 Å². The predicted molar refractivity (Wildman–Crippen MR) is 117 cm³/mol. The predicted octanol–water partition coefficient (Wildman–Crippen LogP) is 1.32. The van der Waals surface area contributed by atoms with Crippen LogP contribution in [-0.2, 0) is 25.7 Å². The number of hydrogen-bond donors (Lipinski definition) is 6. The van der Waals surface area contributed by atoms with E-state index in [-0.39, 0.29) is 31.0 Å². The minimum atomic E-state index is -1.30. The van der Waals surface area contributed by atoms with Gasteiger partial charge in [0.05, 0.1) is 0 Å². The van der Waals surface area contributed by atoms with Crippen molar-refractivity contribution in [2.75, 3.05) is 6.54 Å². The molecule has 0 bridgehead atoms. The maximum Gasteiger partial charge on any atom is 0.407 e. The smallest absolute Gasteiger partial charge is 0.407 e. The molecule has 0 saturated carbocycles. The van der Waals surface area contributed by atoms with Crippen molar-refractivity contribution in [2.24, 2.45) is 0 Å². The van der Waals surface area contributed by atoms with Gasteiger partial charge in [0.1, 0.15) is 18.7 Å². The average Bonchev–Trinajstić information content (AvgIpc) is 2.74. The molecule has 0 radical (unpaired) electrons. The number of unbranched alkanes of at least 4 members (excludes halogenated alkanes) is 1. The topological polar surface area (TPSA) is 174 Å². The third-order valence-corrected chi connectivity index (χ3v) is 4.49. The maximum atomic E-state index is 11.7. The van der Waals surface area contributed by atoms with Gasteiger partial charge in [-0.05, 0) is 43.5 Å². The SMILES string of the molecule is O=C(O)CCC(NC(=S)NC(CCCCNC(=O)OCc1ccccc1)C(=O)O)C(=O)O. The van der Waals surface area contributed by atoms with Gasteiger partial charge in [-0.15, -0.1) is 0 Å². The Balaban J connectivity index is 2.31. The number of carboxylic acids is 3. The zero-order valence-electron chi connectivity index (χ0n) is 17.3. The van der Waals surface area contributed by atoms with Crippen LogP contribution in [0, 0.1) is 0 Å². The molecule has 0 aliphatic rings. The Bertz CT molecular complexity index is 790. The molecule has 176 valence electrons. The summed E-state index contributed by atoms with van der Waals surface area (Å²) in [6, 6.07) is 6.86. The van der Waals surface area contributed by atoms with Gasteiger partial charge in [0.2, 0.25) is 0 Å². The lowest BCUT2D eigenvalue weighted by Gasteiger charge is -2.20. The number of carboxylic acid groups (broad SMARTS) is 3. The summed E-state index contributed by atoms with van der Waals surface area (Å²) < 4.78 is 5.07. The van der Waals surface area contributed by atoms with E-state index in [9.17, 15) is 24.3 Å². The number of nitrogens with one attached hydrogen (secondary N) is 3. The van der Waals surface area contributed by atoms with Crippen molar-refractivity contribution in [2.45, 2.75) is 50.8 Å². The van der Waals surface area contributed by atoms with E-state index in [4.69, 9.17) is 27.2 Å². The van der Waals surface area contributed by atoms with Crippen LogP contribution >= 0.6 is 12.2 Å². The second-order valence-electron chi connectivity index (χ2n) is 6.82.